The van der Waals surface area contributed by atoms with Crippen molar-refractivity contribution in [3.8, 4) is 11.5 Å². The van der Waals surface area contributed by atoms with Crippen molar-refractivity contribution < 1.29 is 23.5 Å². The first-order valence-corrected chi connectivity index (χ1v) is 6.74. The Labute approximate surface area is 130 Å². The van der Waals surface area contributed by atoms with E-state index in [1.54, 1.807) is 6.07 Å². The Morgan fingerprint density at radius 1 is 1.27 bits per heavy atom. The van der Waals surface area contributed by atoms with Crippen LogP contribution in [0.3, 0.4) is 0 Å². The lowest BCUT2D eigenvalue weighted by atomic mass is 10.1. The van der Waals surface area contributed by atoms with Gasteiger partial charge in [-0.25, -0.2) is 4.79 Å². The van der Waals surface area contributed by atoms with E-state index < -0.39 is 22.8 Å². The summed E-state index contributed by atoms with van der Waals surface area (Å²) >= 11 is 5.43. The van der Waals surface area contributed by atoms with Crippen molar-refractivity contribution in [1.82, 2.24) is 0 Å². The lowest BCUT2D eigenvalue weighted by molar-refractivity contribution is -0.131. The van der Waals surface area contributed by atoms with Gasteiger partial charge >= 0.3 is 11.6 Å². The number of fused-ring (bicyclic) bond motifs is 1. The lowest BCUT2D eigenvalue weighted by Crippen LogP contribution is -2.11. The molecule has 1 aromatic carbocycles. The van der Waals surface area contributed by atoms with E-state index >= 15 is 0 Å². The lowest BCUT2D eigenvalue weighted by Gasteiger charge is -2.10. The SMILES string of the molecule is COc1cc(OC(C)=O)c2c(=O)oc(C(C)C(=O)Cl)cc2c1. The van der Waals surface area contributed by atoms with E-state index in [9.17, 15) is 14.4 Å². The highest BCUT2D eigenvalue weighted by Crippen LogP contribution is 2.31. The maximum Gasteiger partial charge on any atom is 0.347 e. The normalized spacial score (nSPS) is 12.0. The highest BCUT2D eigenvalue weighted by atomic mass is 35.5. The summed E-state index contributed by atoms with van der Waals surface area (Å²) in [7, 11) is 1.44. The third-order valence-electron chi connectivity index (χ3n) is 3.08. The van der Waals surface area contributed by atoms with Crippen molar-refractivity contribution in [2.24, 2.45) is 0 Å². The first-order valence-electron chi connectivity index (χ1n) is 6.37. The molecule has 116 valence electrons. The maximum atomic E-state index is 12.2. The molecule has 6 nitrogen and oxygen atoms in total. The monoisotopic (exact) mass is 324 g/mol. The summed E-state index contributed by atoms with van der Waals surface area (Å²) in [5, 5.41) is -0.133. The molecule has 7 heteroatoms. The van der Waals surface area contributed by atoms with Gasteiger partial charge in [-0.05, 0) is 36.0 Å². The van der Waals surface area contributed by atoms with Crippen molar-refractivity contribution in [2.75, 3.05) is 7.11 Å². The molecule has 0 radical (unpaired) electrons. The van der Waals surface area contributed by atoms with Gasteiger partial charge in [0, 0.05) is 13.0 Å². The second-order valence-electron chi connectivity index (χ2n) is 4.65. The Kier molecular flexibility index (Phi) is 4.51. The standard InChI is InChI=1S/C15H13ClO6/c1-7(14(16)18)11-5-9-4-10(20-3)6-12(21-8(2)17)13(9)15(19)22-11/h4-7H,1-3H3. The summed E-state index contributed by atoms with van der Waals surface area (Å²) in [5.41, 5.74) is -0.726. The Balaban J connectivity index is 2.75. The van der Waals surface area contributed by atoms with E-state index in [1.165, 1.54) is 33.1 Å². The fraction of sp³-hybridized carbons (Fsp3) is 0.267. The molecular weight excluding hydrogens is 312 g/mol. The largest absolute Gasteiger partial charge is 0.497 e. The number of hydrogen-bond acceptors (Lipinski definition) is 6. The molecule has 1 aromatic heterocycles. The molecule has 1 atom stereocenters. The van der Waals surface area contributed by atoms with E-state index in [2.05, 4.69) is 0 Å². The molecule has 0 fully saturated rings. The molecule has 1 heterocycles. The number of methoxy groups -OCH3 is 1. The maximum absolute atomic E-state index is 12.2. The number of rotatable bonds is 4. The zero-order valence-electron chi connectivity index (χ0n) is 12.1. The van der Waals surface area contributed by atoms with Gasteiger partial charge in [-0.1, -0.05) is 0 Å². The molecule has 2 rings (SSSR count). The van der Waals surface area contributed by atoms with E-state index in [0.717, 1.165) is 0 Å². The number of carbonyl (C=O) groups excluding carboxylic acids is 2. The van der Waals surface area contributed by atoms with Crippen LogP contribution >= 0.6 is 11.6 Å². The number of halogens is 1. The summed E-state index contributed by atoms with van der Waals surface area (Å²) in [6.45, 7) is 2.74. The molecule has 0 amide bonds. The molecule has 22 heavy (non-hydrogen) atoms. The van der Waals surface area contributed by atoms with Crippen LogP contribution in [0.2, 0.25) is 0 Å². The van der Waals surface area contributed by atoms with Crippen LogP contribution in [0, 0.1) is 0 Å². The van der Waals surface area contributed by atoms with Gasteiger partial charge in [0.1, 0.15) is 22.6 Å². The first-order chi connectivity index (χ1) is 10.3. The number of benzene rings is 1. The van der Waals surface area contributed by atoms with Crippen LogP contribution < -0.4 is 15.1 Å². The Morgan fingerprint density at radius 3 is 2.50 bits per heavy atom. The third kappa shape index (κ3) is 3.12. The van der Waals surface area contributed by atoms with E-state index in [-0.39, 0.29) is 16.9 Å². The van der Waals surface area contributed by atoms with Crippen LogP contribution in [-0.2, 0) is 9.59 Å². The molecule has 0 N–H and O–H groups in total. The topological polar surface area (TPSA) is 82.8 Å². The number of hydrogen-bond donors (Lipinski definition) is 0. The molecule has 0 spiro atoms. The Morgan fingerprint density at radius 2 is 1.95 bits per heavy atom. The molecule has 2 aromatic rings. The van der Waals surface area contributed by atoms with E-state index in [0.29, 0.717) is 11.1 Å². The number of esters is 1. The summed E-state index contributed by atoms with van der Waals surface area (Å²) < 4.78 is 15.3. The first kappa shape index (κ1) is 16.0. The zero-order valence-corrected chi connectivity index (χ0v) is 12.9. The van der Waals surface area contributed by atoms with E-state index in [1.807, 2.05) is 0 Å². The minimum absolute atomic E-state index is 0.0343. The highest BCUT2D eigenvalue weighted by molar-refractivity contribution is 6.64. The predicted octanol–water partition coefficient (Wildman–Crippen LogP) is 2.60. The second kappa shape index (κ2) is 6.19. The summed E-state index contributed by atoms with van der Waals surface area (Å²) in [4.78, 5) is 34.6. The van der Waals surface area contributed by atoms with Crippen molar-refractivity contribution in [3.05, 3.63) is 34.4 Å². The average Bonchev–Trinajstić information content (AvgIpc) is 2.44. The van der Waals surface area contributed by atoms with Crippen LogP contribution in [-0.4, -0.2) is 18.3 Å². The van der Waals surface area contributed by atoms with Crippen molar-refractivity contribution in [2.45, 2.75) is 19.8 Å². The predicted molar refractivity (Wildman–Crippen MR) is 79.6 cm³/mol. The van der Waals surface area contributed by atoms with Gasteiger partial charge in [-0.2, -0.15) is 0 Å². The van der Waals surface area contributed by atoms with Gasteiger partial charge in [-0.3, -0.25) is 9.59 Å². The van der Waals surface area contributed by atoms with Crippen molar-refractivity contribution in [1.29, 1.82) is 0 Å². The molecule has 0 saturated heterocycles. The van der Waals surface area contributed by atoms with Crippen molar-refractivity contribution in [3.63, 3.8) is 0 Å². The van der Waals surface area contributed by atoms with Crippen molar-refractivity contribution >= 4 is 33.6 Å². The van der Waals surface area contributed by atoms with E-state index in [4.69, 9.17) is 25.5 Å². The van der Waals surface area contributed by atoms with Gasteiger partial charge in [0.2, 0.25) is 5.24 Å². The Hall–Kier alpha value is -2.34. The van der Waals surface area contributed by atoms with Gasteiger partial charge in [0.15, 0.2) is 0 Å². The van der Waals surface area contributed by atoms with Crippen LogP contribution in [0.4, 0.5) is 0 Å². The van der Waals surface area contributed by atoms with Gasteiger partial charge in [0.25, 0.3) is 0 Å². The minimum atomic E-state index is -0.776. The number of ether oxygens (including phenoxy) is 2. The summed E-state index contributed by atoms with van der Waals surface area (Å²) in [6, 6.07) is 4.49. The minimum Gasteiger partial charge on any atom is -0.497 e. The highest BCUT2D eigenvalue weighted by Gasteiger charge is 2.20. The molecule has 0 bridgehead atoms. The fourth-order valence-corrected chi connectivity index (χ4v) is 2.07. The van der Waals surface area contributed by atoms with Gasteiger partial charge < -0.3 is 13.9 Å². The quantitative estimate of drug-likeness (QED) is 0.488. The van der Waals surface area contributed by atoms with Crippen LogP contribution in [0.1, 0.15) is 25.5 Å². The van der Waals surface area contributed by atoms with Crippen LogP contribution in [0.25, 0.3) is 10.8 Å². The molecule has 0 aliphatic carbocycles. The molecule has 0 saturated carbocycles. The average molecular weight is 325 g/mol. The summed E-state index contributed by atoms with van der Waals surface area (Å²) in [6.07, 6.45) is 0. The van der Waals surface area contributed by atoms with Crippen LogP contribution in [0.15, 0.2) is 27.4 Å². The van der Waals surface area contributed by atoms with Gasteiger partial charge in [0.05, 0.1) is 13.0 Å². The molecule has 0 aliphatic heterocycles. The van der Waals surface area contributed by atoms with Crippen LogP contribution in [0.5, 0.6) is 11.5 Å². The molecule has 0 aliphatic rings. The second-order valence-corrected chi connectivity index (χ2v) is 5.02. The fourth-order valence-electron chi connectivity index (χ4n) is 1.96. The summed E-state index contributed by atoms with van der Waals surface area (Å²) in [5.74, 6) is -0.804. The Bertz CT molecular complexity index is 808. The molecular formula is C15H13ClO6. The number of carbonyl (C=O) groups is 2. The third-order valence-corrected chi connectivity index (χ3v) is 3.40. The zero-order chi connectivity index (χ0) is 16.4. The smallest absolute Gasteiger partial charge is 0.347 e. The van der Waals surface area contributed by atoms with Gasteiger partial charge in [-0.15, -0.1) is 0 Å². The molecule has 1 unspecified atom stereocenters.